The number of rotatable bonds is 18. The minimum Gasteiger partial charge on any atom is -0.394 e. The van der Waals surface area contributed by atoms with E-state index in [2.05, 4.69) is 0 Å². The van der Waals surface area contributed by atoms with Crippen molar-refractivity contribution in [3.8, 4) is 0 Å². The van der Waals surface area contributed by atoms with Gasteiger partial charge >= 0.3 is 0 Å². The summed E-state index contributed by atoms with van der Waals surface area (Å²) in [6.45, 7) is -6.56. The van der Waals surface area contributed by atoms with Crippen LogP contribution in [0.2, 0.25) is 0 Å². The summed E-state index contributed by atoms with van der Waals surface area (Å²) in [6, 6.07) is -9.80. The van der Waals surface area contributed by atoms with Gasteiger partial charge in [0.05, 0.1) is 75.9 Å². The Hall–Kier alpha value is -2.20. The second-order valence-corrected chi connectivity index (χ2v) is 18.8. The zero-order chi connectivity index (χ0) is 55.0. The molecule has 0 saturated carbocycles. The van der Waals surface area contributed by atoms with Gasteiger partial charge in [-0.15, -0.1) is 0 Å². The molecule has 6 aliphatic heterocycles. The van der Waals surface area contributed by atoms with Crippen molar-refractivity contribution in [2.45, 2.75) is 183 Å². The monoisotopic (exact) mass is 1080 g/mol. The van der Waals surface area contributed by atoms with E-state index in [0.29, 0.717) is 12.2 Å². The SMILES string of the molecule is N[C@H]1[C@@H](OC2[C@@H](CO)O[C@@H](OC3[C@@H](CO)O[C@@H](O)[C@H](N)[C@H]3O)[C@H](N)[C@H]2O)O[C@@](CO)(C(=O)/C=C/C(=O)[C@]2(CO)O[C@H](OC3[C@@H](CO)O[C@@H](OC4[C@@H](CO)O[C@@H](O)[C@H](N)[C@H]4O)[C@H](N)[C@H]3O)[C@H](N)[C@@H](O)[C@@H]2O)[C@@H](O)[C@@H]1O. The molecule has 0 spiro atoms. The van der Waals surface area contributed by atoms with Crippen molar-refractivity contribution in [1.29, 1.82) is 0 Å². The van der Waals surface area contributed by atoms with Crippen LogP contribution >= 0.6 is 0 Å². The van der Waals surface area contributed by atoms with Gasteiger partial charge in [0.2, 0.25) is 0 Å². The number of nitrogens with two attached hydrogens (primary N) is 6. The Bertz CT molecular complexity index is 1760. The molecular weight excluding hydrogens is 1010 g/mol. The first kappa shape index (κ1) is 61.0. The first-order valence-electron chi connectivity index (χ1n) is 23.2. The molecular formula is C40H70N6O28. The van der Waals surface area contributed by atoms with E-state index in [-0.39, 0.29) is 0 Å². The first-order valence-corrected chi connectivity index (χ1v) is 23.2. The van der Waals surface area contributed by atoms with E-state index in [1.54, 1.807) is 0 Å². The molecule has 30 atom stereocenters. The first-order chi connectivity index (χ1) is 34.8. The summed E-state index contributed by atoms with van der Waals surface area (Å²) in [6.07, 6.45) is -39.5. The number of hydrogen-bond donors (Lipinski definition) is 22. The molecule has 0 aromatic heterocycles. The van der Waals surface area contributed by atoms with Gasteiger partial charge in [0.1, 0.15) is 97.7 Å². The maximum Gasteiger partial charge on any atom is 0.192 e. The Labute approximate surface area is 418 Å². The van der Waals surface area contributed by atoms with Crippen molar-refractivity contribution in [2.24, 2.45) is 34.4 Å². The van der Waals surface area contributed by atoms with Crippen LogP contribution in [-0.2, 0) is 57.0 Å². The lowest BCUT2D eigenvalue weighted by molar-refractivity contribution is -0.355. The van der Waals surface area contributed by atoms with Gasteiger partial charge in [0, 0.05) is 0 Å². The lowest BCUT2D eigenvalue weighted by Gasteiger charge is -2.50. The van der Waals surface area contributed by atoms with Gasteiger partial charge in [-0.2, -0.15) is 0 Å². The fraction of sp³-hybridized carbons (Fsp3) is 0.900. The molecule has 0 bridgehead atoms. The van der Waals surface area contributed by atoms with Gasteiger partial charge in [-0.3, -0.25) is 9.59 Å². The zero-order valence-corrected chi connectivity index (χ0v) is 39.1. The number of carbonyl (C=O) groups is 2. The maximum absolute atomic E-state index is 14.0. The van der Waals surface area contributed by atoms with E-state index in [0.717, 1.165) is 0 Å². The molecule has 0 aliphatic carbocycles. The molecule has 0 amide bonds. The maximum atomic E-state index is 14.0. The highest BCUT2D eigenvalue weighted by Gasteiger charge is 2.61. The van der Waals surface area contributed by atoms with Crippen LogP contribution in [0.4, 0.5) is 0 Å². The zero-order valence-electron chi connectivity index (χ0n) is 39.1. The molecule has 6 rings (SSSR count). The van der Waals surface area contributed by atoms with Gasteiger partial charge in [-0.05, 0) is 12.2 Å². The van der Waals surface area contributed by atoms with E-state index in [1.807, 2.05) is 0 Å². The van der Waals surface area contributed by atoms with Crippen molar-refractivity contribution in [3.63, 3.8) is 0 Å². The molecule has 4 unspecified atom stereocenters. The lowest BCUT2D eigenvalue weighted by Crippen LogP contribution is -2.73. The standard InChI is InChI=1S/C40H70N6O28/c41-15-21(55)27(9(3-47)65-33(15)63)69-35-17(43)23(57)29(11(5-49)67-35)71-37-19(45)25(59)31(61)39(7-51,73-37)13(53)1-2-14(54)40(8-52)32(62)26(60)20(46)38(74-40)72-30-12(6-50)68-36(18(44)24(30)58)70-28-10(4-48)66-34(64)16(42)22(28)56/h1-2,9-12,15-38,47-52,55-64H,3-8,41-46H2/b2-1+/t9-,10-,11-,12-,15-,16-,17-,18-,19-,20-,21-,22-,23-,24-,25-,26-,27?,28?,29?,30?,31+,32+,33-,34-,35+,36+,37+,38+,39+,40+/m1/s1. The predicted octanol–water partition coefficient (Wildman–Crippen LogP) is -15.9. The summed E-state index contributed by atoms with van der Waals surface area (Å²) in [4.78, 5) is 28.0. The molecule has 6 fully saturated rings. The van der Waals surface area contributed by atoms with Crippen LogP contribution in [0.1, 0.15) is 0 Å². The summed E-state index contributed by atoms with van der Waals surface area (Å²) in [5, 5.41) is 170. The van der Waals surface area contributed by atoms with Gasteiger partial charge in [-0.25, -0.2) is 0 Å². The van der Waals surface area contributed by atoms with Gasteiger partial charge in [0.25, 0.3) is 0 Å². The average Bonchev–Trinajstić information content (AvgIpc) is 3.39. The molecule has 28 N–H and O–H groups in total. The molecule has 6 aliphatic rings. The predicted molar refractivity (Wildman–Crippen MR) is 231 cm³/mol. The van der Waals surface area contributed by atoms with Crippen LogP contribution < -0.4 is 34.4 Å². The van der Waals surface area contributed by atoms with Gasteiger partial charge < -0.3 is 163 Å². The van der Waals surface area contributed by atoms with E-state index >= 15 is 0 Å². The Morgan fingerprint density at radius 2 is 0.649 bits per heavy atom. The fourth-order valence-corrected chi connectivity index (χ4v) is 9.42. The molecule has 0 radical (unpaired) electrons. The number of carbonyl (C=O) groups excluding carboxylic acids is 2. The summed E-state index contributed by atoms with van der Waals surface area (Å²) in [5.41, 5.74) is 30.2. The average molecular weight is 1080 g/mol. The van der Waals surface area contributed by atoms with Gasteiger partial charge in [-0.1, -0.05) is 0 Å². The number of ketones is 2. The number of hydrogen-bond acceptors (Lipinski definition) is 34. The Morgan fingerprint density at radius 3 is 0.932 bits per heavy atom. The summed E-state index contributed by atoms with van der Waals surface area (Å²) in [7, 11) is 0. The lowest BCUT2D eigenvalue weighted by atomic mass is 9.81. The fourth-order valence-electron chi connectivity index (χ4n) is 9.42. The minimum atomic E-state index is -2.99. The highest BCUT2D eigenvalue weighted by atomic mass is 16.8. The number of ether oxygens (including phenoxy) is 10. The molecule has 34 nitrogen and oxygen atoms in total. The second kappa shape index (κ2) is 24.9. The van der Waals surface area contributed by atoms with Crippen LogP contribution in [0.15, 0.2) is 12.2 Å². The van der Waals surface area contributed by atoms with Crippen LogP contribution in [0.3, 0.4) is 0 Å². The quantitative estimate of drug-likeness (QED) is 0.0567. The smallest absolute Gasteiger partial charge is 0.192 e. The van der Waals surface area contributed by atoms with E-state index < -0.39 is 234 Å². The third-order valence-electron chi connectivity index (χ3n) is 14.2. The molecule has 6 saturated heterocycles. The van der Waals surface area contributed by atoms with Crippen LogP contribution in [-0.4, -0.2) is 316 Å². The second-order valence-electron chi connectivity index (χ2n) is 18.8. The van der Waals surface area contributed by atoms with Gasteiger partial charge in [0.15, 0.2) is 60.5 Å². The summed E-state index contributed by atoms with van der Waals surface area (Å²) < 4.78 is 56.1. The van der Waals surface area contributed by atoms with Crippen molar-refractivity contribution in [3.05, 3.63) is 12.2 Å². The summed E-state index contributed by atoms with van der Waals surface area (Å²) >= 11 is 0. The molecule has 0 aromatic rings. The van der Waals surface area contributed by atoms with Crippen molar-refractivity contribution in [2.75, 3.05) is 39.6 Å². The normalized spacial score (nSPS) is 51.5. The molecule has 0 aromatic carbocycles. The summed E-state index contributed by atoms with van der Waals surface area (Å²) in [5.74, 6) is -3.06. The van der Waals surface area contributed by atoms with E-state index in [1.165, 1.54) is 0 Å². The van der Waals surface area contributed by atoms with Crippen molar-refractivity contribution < 1.29 is 139 Å². The van der Waals surface area contributed by atoms with E-state index in [4.69, 9.17) is 81.8 Å². The third-order valence-corrected chi connectivity index (χ3v) is 14.2. The van der Waals surface area contributed by atoms with Crippen molar-refractivity contribution in [1.82, 2.24) is 0 Å². The topological polar surface area (TPSA) is 606 Å². The number of aliphatic hydroxyl groups excluding tert-OH is 16. The highest BCUT2D eigenvalue weighted by Crippen LogP contribution is 2.38. The minimum absolute atomic E-state index is 0.344. The van der Waals surface area contributed by atoms with Crippen molar-refractivity contribution >= 4 is 11.6 Å². The van der Waals surface area contributed by atoms with Crippen LogP contribution in [0, 0.1) is 0 Å². The molecule has 34 heteroatoms. The highest BCUT2D eigenvalue weighted by molar-refractivity contribution is 6.06. The molecule has 428 valence electrons. The Kier molecular flexibility index (Phi) is 20.5. The largest absolute Gasteiger partial charge is 0.394 e. The molecule has 6 heterocycles. The Morgan fingerprint density at radius 1 is 0.392 bits per heavy atom. The number of aliphatic hydroxyl groups is 16. The van der Waals surface area contributed by atoms with Crippen LogP contribution in [0.25, 0.3) is 0 Å². The Balaban J connectivity index is 1.17. The van der Waals surface area contributed by atoms with E-state index in [9.17, 15) is 91.3 Å². The molecule has 74 heavy (non-hydrogen) atoms. The third kappa shape index (κ3) is 11.3. The van der Waals surface area contributed by atoms with Crippen LogP contribution in [0.5, 0.6) is 0 Å².